The predicted molar refractivity (Wildman–Crippen MR) is 357 cm³/mol. The van der Waals surface area contributed by atoms with Crippen LogP contribution in [0, 0.1) is 55.4 Å². The van der Waals surface area contributed by atoms with Crippen molar-refractivity contribution in [1.82, 2.24) is 13.9 Å². The van der Waals surface area contributed by atoms with Crippen molar-refractivity contribution in [3.63, 3.8) is 0 Å². The van der Waals surface area contributed by atoms with E-state index in [9.17, 15) is 46.8 Å². The van der Waals surface area contributed by atoms with Gasteiger partial charge in [0.15, 0.2) is 12.6 Å². The van der Waals surface area contributed by atoms with Crippen LogP contribution in [0.15, 0.2) is 143 Å². The molecule has 4 heterocycles. The fourth-order valence-corrected chi connectivity index (χ4v) is 14.6. The summed E-state index contributed by atoms with van der Waals surface area (Å²) in [7, 11) is -4.98. The number of hydrogen-bond donors (Lipinski definition) is 4. The zero-order valence-corrected chi connectivity index (χ0v) is 57.6. The van der Waals surface area contributed by atoms with Crippen molar-refractivity contribution in [3.05, 3.63) is 155 Å². The Hall–Kier alpha value is -7.55. The van der Waals surface area contributed by atoms with Gasteiger partial charge in [-0.3, -0.25) is 10.1 Å². The Balaban J connectivity index is 0.000000242. The number of nitro benzene ring substituents is 1. The number of methoxy groups -OCH3 is 2. The Labute approximate surface area is 573 Å². The average Bonchev–Trinajstić information content (AvgIpc) is 1.62. The van der Waals surface area contributed by atoms with Gasteiger partial charge in [0.2, 0.25) is 20.0 Å². The molecule has 29 heteroatoms. The number of nitrogens with one attached hydrogen (secondary N) is 1. The van der Waals surface area contributed by atoms with E-state index in [1.54, 1.807) is 24.3 Å². The van der Waals surface area contributed by atoms with E-state index >= 15 is 0 Å². The van der Waals surface area contributed by atoms with Gasteiger partial charge in [-0.2, -0.15) is 19.1 Å². The summed E-state index contributed by atoms with van der Waals surface area (Å²) < 4.78 is 105. The second kappa shape index (κ2) is 36.9. The number of rotatable bonds is 29. The lowest BCUT2D eigenvalue weighted by Crippen LogP contribution is -2.52. The Kier molecular flexibility index (Phi) is 29.8. The van der Waals surface area contributed by atoms with Crippen molar-refractivity contribution in [2.75, 3.05) is 66.8 Å². The third kappa shape index (κ3) is 23.3. The Morgan fingerprint density at radius 1 is 0.649 bits per heavy atom. The van der Waals surface area contributed by atoms with Gasteiger partial charge in [0.25, 0.3) is 5.69 Å². The molecule has 4 aliphatic heterocycles. The predicted octanol–water partition coefficient (Wildman–Crippen LogP) is 8.72. The summed E-state index contributed by atoms with van der Waals surface area (Å²) in [6.07, 6.45) is -1.75. The molecule has 10 atom stereocenters. The fraction of sp³-hybridized carbons (Fsp3) is 0.500. The second-order valence-electron chi connectivity index (χ2n) is 25.3. The largest absolute Gasteiger partial charge is 0.514 e. The number of halogens is 1. The van der Waals surface area contributed by atoms with E-state index in [2.05, 4.69) is 17.5 Å². The van der Waals surface area contributed by atoms with Gasteiger partial charge in [-0.15, -0.1) is 12.4 Å². The minimum Gasteiger partial charge on any atom is -0.497 e. The van der Waals surface area contributed by atoms with Crippen LogP contribution in [0.5, 0.6) is 17.2 Å². The smallest absolute Gasteiger partial charge is 0.497 e. The van der Waals surface area contributed by atoms with E-state index in [1.165, 1.54) is 71.4 Å². The number of fused-ring (bicyclic) bond motifs is 2. The maximum absolute atomic E-state index is 13.9. The third-order valence-corrected chi connectivity index (χ3v) is 20.5. The minimum atomic E-state index is -4.08. The standard InChI is InChI=1S/C31H41N3O8S.C24H33N3O4S.C13H13NO7.ClH/c1-31(2,15-7-16-32)21-34(43(37,38)24-12-10-23(39-3)11-13-24)19-27(35)26(18-22-8-5-4-6-9-22)33-30(36)42-28-20-41-29-25(28)14-17-40-29;1-24(2,14-7-15-25)18-27(32(29,30)21-12-10-20(31-3)11-13-21)17-23(28)22(26)16-19-8-5-4-6-9-19;15-13(20-9-3-1-8(2-4-9)14(16)17)21-11-7-19-12-10(11)5-6-18-12;/h4-6,8-13,25-29,35H,7,14-15,17-21H2,1-3H3,(H,33,36);4-6,8-13,22-23,28H,7,14,16-18,26H2,1-3H3;1-4,10-12H,5-7H2;1H/t25-,26+,27-,28+,29+;22-,23+;10-,11+,12+;/m101./s1. The summed E-state index contributed by atoms with van der Waals surface area (Å²) in [4.78, 5) is 34.9. The lowest BCUT2D eigenvalue weighted by atomic mass is 9.88. The number of aliphatic hydroxyl groups is 2. The SMILES string of the molecule is COc1ccc(S(=O)(=O)N(C[C@@H](O)[C@@H](N)Cc2ccccc2)CC(C)(C)CCC#N)cc1.COc1ccc(S(=O)(=O)N(C[C@@H](O)[C@H](Cc2ccccc2)NC(=O)O[C@H]2CO[C@@H]3OCC[C@@H]32)CC(C)(C)CCC#N)cc1.Cl.O=C(Oc1ccc([N+](=O)[O-])cc1)O[C@H]1CO[C@@H]2OCC[C@@H]21. The normalized spacial score (nSPS) is 20.1. The number of aliphatic hydroxyl groups excluding tert-OH is 2. The van der Waals surface area contributed by atoms with Crippen LogP contribution in [-0.4, -0.2) is 169 Å². The molecule has 26 nitrogen and oxygen atoms in total. The maximum Gasteiger partial charge on any atom is 0.514 e. The van der Waals surface area contributed by atoms with E-state index in [0.717, 1.165) is 24.0 Å². The highest BCUT2D eigenvalue weighted by Gasteiger charge is 2.46. The second-order valence-corrected chi connectivity index (χ2v) is 29.1. The molecule has 0 aromatic heterocycles. The summed E-state index contributed by atoms with van der Waals surface area (Å²) in [6, 6.07) is 38.9. The van der Waals surface area contributed by atoms with E-state index in [-0.39, 0.29) is 116 Å². The first-order valence-electron chi connectivity index (χ1n) is 31.5. The molecule has 0 unspecified atom stereocenters. The van der Waals surface area contributed by atoms with E-state index in [4.69, 9.17) is 58.9 Å². The molecule has 5 N–H and O–H groups in total. The van der Waals surface area contributed by atoms with Crippen molar-refractivity contribution in [2.45, 2.75) is 138 Å². The Morgan fingerprint density at radius 3 is 1.51 bits per heavy atom. The number of hydrogen-bond acceptors (Lipinski definition) is 22. The zero-order valence-electron chi connectivity index (χ0n) is 55.2. The number of nitro groups is 1. The Morgan fingerprint density at radius 2 is 1.07 bits per heavy atom. The molecule has 0 bridgehead atoms. The zero-order chi connectivity index (χ0) is 69.6. The molecule has 528 valence electrons. The molecular formula is C68H88ClN7O19S2. The van der Waals surface area contributed by atoms with Crippen LogP contribution in [-0.2, 0) is 61.3 Å². The van der Waals surface area contributed by atoms with Crippen LogP contribution in [0.25, 0.3) is 0 Å². The van der Waals surface area contributed by atoms with Crippen LogP contribution < -0.4 is 25.3 Å². The summed E-state index contributed by atoms with van der Waals surface area (Å²) in [6.45, 7) is 8.98. The molecule has 4 fully saturated rings. The van der Waals surface area contributed by atoms with Gasteiger partial charge in [-0.05, 0) is 121 Å². The lowest BCUT2D eigenvalue weighted by Gasteiger charge is -2.35. The molecule has 5 aromatic carbocycles. The topological polar surface area (TPSA) is 361 Å². The van der Waals surface area contributed by atoms with Gasteiger partial charge in [0, 0.05) is 57.2 Å². The summed E-state index contributed by atoms with van der Waals surface area (Å²) in [5, 5.41) is 53.8. The van der Waals surface area contributed by atoms with Crippen LogP contribution in [0.2, 0.25) is 0 Å². The van der Waals surface area contributed by atoms with Gasteiger partial charge in [-0.25, -0.2) is 26.4 Å². The van der Waals surface area contributed by atoms with E-state index < -0.39 is 78.4 Å². The number of carbonyl (C=O) groups is 2. The molecule has 1 amide bonds. The van der Waals surface area contributed by atoms with Gasteiger partial charge in [0.1, 0.15) is 29.5 Å². The third-order valence-electron chi connectivity index (χ3n) is 16.8. The molecule has 0 aliphatic carbocycles. The van der Waals surface area contributed by atoms with Crippen molar-refractivity contribution < 1.29 is 84.2 Å². The number of ether oxygens (including phenoxy) is 9. The number of nitriles is 2. The average molecular weight is 1410 g/mol. The minimum absolute atomic E-state index is 0. The summed E-state index contributed by atoms with van der Waals surface area (Å²) in [5.74, 6) is 1.23. The first-order chi connectivity index (χ1) is 45.7. The first kappa shape index (κ1) is 78.4. The Bertz CT molecular complexity index is 3610. The van der Waals surface area contributed by atoms with Gasteiger partial charge < -0.3 is 63.9 Å². The molecule has 0 radical (unpaired) electrons. The van der Waals surface area contributed by atoms with Crippen LogP contribution in [0.3, 0.4) is 0 Å². The number of sulfonamides is 2. The highest BCUT2D eigenvalue weighted by molar-refractivity contribution is 7.89. The van der Waals surface area contributed by atoms with Crippen LogP contribution in [0.1, 0.15) is 77.3 Å². The number of non-ortho nitro benzene ring substituents is 1. The van der Waals surface area contributed by atoms with Crippen molar-refractivity contribution in [1.29, 1.82) is 10.5 Å². The maximum atomic E-state index is 13.9. The molecule has 5 aromatic rings. The number of alkyl carbamates (subject to hydrolysis) is 1. The van der Waals surface area contributed by atoms with Gasteiger partial charge in [0.05, 0.1) is 97.6 Å². The van der Waals surface area contributed by atoms with Gasteiger partial charge >= 0.3 is 12.2 Å². The number of carbonyl (C=O) groups excluding carboxylic acids is 2. The number of nitrogens with zero attached hydrogens (tertiary/aromatic N) is 5. The quantitative estimate of drug-likeness (QED) is 0.0150. The molecule has 0 spiro atoms. The summed E-state index contributed by atoms with van der Waals surface area (Å²) >= 11 is 0. The van der Waals surface area contributed by atoms with E-state index in [0.29, 0.717) is 50.4 Å². The van der Waals surface area contributed by atoms with Crippen molar-refractivity contribution in [3.8, 4) is 29.4 Å². The highest BCUT2D eigenvalue weighted by Crippen LogP contribution is 2.36. The lowest BCUT2D eigenvalue weighted by molar-refractivity contribution is -0.384. The molecule has 4 saturated heterocycles. The molecule has 4 aliphatic rings. The van der Waals surface area contributed by atoms with Crippen LogP contribution in [0.4, 0.5) is 15.3 Å². The monoisotopic (exact) mass is 1410 g/mol. The van der Waals surface area contributed by atoms with Gasteiger partial charge in [-0.1, -0.05) is 88.4 Å². The number of nitrogens with two attached hydrogens (primary N) is 1. The van der Waals surface area contributed by atoms with Crippen LogP contribution >= 0.6 is 12.4 Å². The summed E-state index contributed by atoms with van der Waals surface area (Å²) in [5.41, 5.74) is 6.94. The molecule has 97 heavy (non-hydrogen) atoms. The molecular weight excluding hydrogens is 1320 g/mol. The van der Waals surface area contributed by atoms with E-state index in [1.807, 2.05) is 88.4 Å². The number of benzene rings is 5. The van der Waals surface area contributed by atoms with Crippen molar-refractivity contribution >= 4 is 50.4 Å². The first-order valence-corrected chi connectivity index (χ1v) is 34.4. The molecule has 0 saturated carbocycles. The fourth-order valence-electron chi connectivity index (χ4n) is 11.3. The molecule has 9 rings (SSSR count). The highest BCUT2D eigenvalue weighted by atomic mass is 35.5. The number of amides is 1. The van der Waals surface area contributed by atoms with Crippen molar-refractivity contribution in [2.24, 2.45) is 28.4 Å².